The lowest BCUT2D eigenvalue weighted by molar-refractivity contribution is 0.812. The predicted molar refractivity (Wildman–Crippen MR) is 251 cm³/mol. The van der Waals surface area contributed by atoms with Crippen LogP contribution in [0.15, 0.2) is 149 Å². The number of aryl methyl sites for hydroxylation is 2. The minimum Gasteiger partial charge on any atom is -0.311 e. The minimum atomic E-state index is -2.66. The SMILES string of the molecule is Cc1ccc2c(c1)[Si]1(c3ccccc3-c3ccccc31)c1cc(C)ccc1N2c1ccc2c(c1)Sc1ccccc1B2c1c(C(C)C)cc(C(C)C)cc1C(C)C. The summed E-state index contributed by atoms with van der Waals surface area (Å²) in [5.41, 5.74) is 18.0. The van der Waals surface area contributed by atoms with Gasteiger partial charge in [0.15, 0.2) is 8.07 Å². The van der Waals surface area contributed by atoms with Gasteiger partial charge in [-0.2, -0.15) is 0 Å². The molecule has 0 atom stereocenters. The van der Waals surface area contributed by atoms with E-state index in [0.717, 1.165) is 0 Å². The molecule has 1 nitrogen and oxygen atoms in total. The van der Waals surface area contributed by atoms with E-state index in [1.165, 1.54) is 103 Å². The van der Waals surface area contributed by atoms with Crippen molar-refractivity contribution in [1.82, 2.24) is 0 Å². The molecule has 10 rings (SSSR count). The lowest BCUT2D eigenvalue weighted by Crippen LogP contribution is -2.75. The van der Waals surface area contributed by atoms with Crippen molar-refractivity contribution in [2.75, 3.05) is 4.90 Å². The molecule has 0 aliphatic carbocycles. The van der Waals surface area contributed by atoms with Gasteiger partial charge in [0, 0.05) is 26.9 Å². The van der Waals surface area contributed by atoms with E-state index in [4.69, 9.17) is 0 Å². The Bertz CT molecular complexity index is 2630. The fourth-order valence-electron chi connectivity index (χ4n) is 10.4. The van der Waals surface area contributed by atoms with Gasteiger partial charge in [0.2, 0.25) is 6.71 Å². The Morgan fingerprint density at radius 3 is 1.58 bits per heavy atom. The van der Waals surface area contributed by atoms with Gasteiger partial charge < -0.3 is 4.90 Å². The van der Waals surface area contributed by atoms with Crippen LogP contribution in [0.4, 0.5) is 17.1 Å². The summed E-state index contributed by atoms with van der Waals surface area (Å²) in [6, 6.07) is 54.7. The Hall–Kier alpha value is -5.03. The maximum absolute atomic E-state index is 2.66. The van der Waals surface area contributed by atoms with Crippen molar-refractivity contribution in [1.29, 1.82) is 0 Å². The number of benzene rings is 7. The summed E-state index contributed by atoms with van der Waals surface area (Å²) < 4.78 is 0. The Labute approximate surface area is 345 Å². The highest BCUT2D eigenvalue weighted by molar-refractivity contribution is 8.00. The Morgan fingerprint density at radius 2 is 1.02 bits per heavy atom. The zero-order valence-corrected chi connectivity index (χ0v) is 36.3. The molecule has 0 radical (unpaired) electrons. The first kappa shape index (κ1) is 36.3. The Kier molecular flexibility index (Phi) is 8.63. The minimum absolute atomic E-state index is 0.163. The van der Waals surface area contributed by atoms with Crippen molar-refractivity contribution >= 4 is 80.7 Å². The van der Waals surface area contributed by atoms with Crippen molar-refractivity contribution in [3.8, 4) is 11.1 Å². The normalized spacial score (nSPS) is 14.4. The molecule has 0 saturated carbocycles. The van der Waals surface area contributed by atoms with Gasteiger partial charge in [-0.3, -0.25) is 0 Å². The van der Waals surface area contributed by atoms with Crippen LogP contribution in [-0.2, 0) is 0 Å². The fraction of sp³-hybridized carbons (Fsp3) is 0.208. The molecule has 7 aromatic rings. The second-order valence-electron chi connectivity index (χ2n) is 17.6. The summed E-state index contributed by atoms with van der Waals surface area (Å²) in [6.07, 6.45) is 0. The van der Waals surface area contributed by atoms with Gasteiger partial charge in [-0.1, -0.05) is 190 Å². The Morgan fingerprint density at radius 1 is 0.491 bits per heavy atom. The molecule has 0 saturated heterocycles. The van der Waals surface area contributed by atoms with E-state index in [0.29, 0.717) is 17.8 Å². The van der Waals surface area contributed by atoms with E-state index >= 15 is 0 Å². The molecule has 280 valence electrons. The summed E-state index contributed by atoms with van der Waals surface area (Å²) in [6.45, 7) is 18.9. The zero-order valence-electron chi connectivity index (χ0n) is 34.4. The van der Waals surface area contributed by atoms with Gasteiger partial charge in [0.05, 0.1) is 0 Å². The van der Waals surface area contributed by atoms with Crippen LogP contribution in [0.5, 0.6) is 0 Å². The topological polar surface area (TPSA) is 3.24 Å². The number of nitrogens with zero attached hydrogens (tertiary/aromatic N) is 1. The number of hydrogen-bond donors (Lipinski definition) is 0. The third-order valence-electron chi connectivity index (χ3n) is 13.0. The van der Waals surface area contributed by atoms with Crippen molar-refractivity contribution in [2.24, 2.45) is 0 Å². The van der Waals surface area contributed by atoms with Crippen LogP contribution in [0.2, 0.25) is 0 Å². The summed E-state index contributed by atoms with van der Waals surface area (Å²) in [5.74, 6) is 1.31. The molecular weight excluding hydrogens is 722 g/mol. The summed E-state index contributed by atoms with van der Waals surface area (Å²) >= 11 is 1.95. The first-order chi connectivity index (χ1) is 27.6. The molecule has 3 heterocycles. The van der Waals surface area contributed by atoms with Gasteiger partial charge in [-0.25, -0.2) is 0 Å². The first-order valence-corrected chi connectivity index (χ1v) is 23.7. The van der Waals surface area contributed by atoms with Crippen LogP contribution in [0.3, 0.4) is 0 Å². The van der Waals surface area contributed by atoms with Gasteiger partial charge in [0.1, 0.15) is 0 Å². The fourth-order valence-corrected chi connectivity index (χ4v) is 17.3. The van der Waals surface area contributed by atoms with E-state index in [9.17, 15) is 0 Å². The number of hydrogen-bond acceptors (Lipinski definition) is 2. The smallest absolute Gasteiger partial charge is 0.244 e. The van der Waals surface area contributed by atoms with Crippen molar-refractivity contribution in [3.63, 3.8) is 0 Å². The average molecular weight is 772 g/mol. The first-order valence-electron chi connectivity index (χ1n) is 20.9. The highest BCUT2D eigenvalue weighted by atomic mass is 32.2. The number of rotatable bonds is 5. The van der Waals surface area contributed by atoms with Gasteiger partial charge in [-0.05, 0) is 110 Å². The van der Waals surface area contributed by atoms with E-state index < -0.39 is 8.07 Å². The highest BCUT2D eigenvalue weighted by Crippen LogP contribution is 2.43. The van der Waals surface area contributed by atoms with Crippen LogP contribution >= 0.6 is 11.8 Å². The summed E-state index contributed by atoms with van der Waals surface area (Å²) in [7, 11) is -2.66. The Balaban J connectivity index is 1.22. The maximum Gasteiger partial charge on any atom is 0.244 e. The lowest BCUT2D eigenvalue weighted by atomic mass is 9.34. The molecule has 4 heteroatoms. The van der Waals surface area contributed by atoms with Crippen LogP contribution in [0.25, 0.3) is 11.1 Å². The van der Waals surface area contributed by atoms with Crippen LogP contribution in [0.1, 0.15) is 87.1 Å². The van der Waals surface area contributed by atoms with E-state index in [-0.39, 0.29) is 6.71 Å². The number of anilines is 3. The predicted octanol–water partition coefficient (Wildman–Crippen LogP) is 9.80. The second-order valence-corrected chi connectivity index (χ2v) is 22.3. The number of fused-ring (bicyclic) bond motifs is 11. The van der Waals surface area contributed by atoms with Crippen molar-refractivity contribution in [3.05, 3.63) is 167 Å². The van der Waals surface area contributed by atoms with Gasteiger partial charge >= 0.3 is 0 Å². The van der Waals surface area contributed by atoms with Crippen molar-refractivity contribution < 1.29 is 0 Å². The van der Waals surface area contributed by atoms with Crippen LogP contribution in [-0.4, -0.2) is 14.8 Å². The molecule has 3 aliphatic rings. The van der Waals surface area contributed by atoms with Gasteiger partial charge in [0.25, 0.3) is 0 Å². The third kappa shape index (κ3) is 5.36. The van der Waals surface area contributed by atoms with Crippen LogP contribution < -0.4 is 42.0 Å². The van der Waals surface area contributed by atoms with Crippen LogP contribution in [0, 0.1) is 13.8 Å². The zero-order chi connectivity index (χ0) is 39.3. The molecule has 57 heavy (non-hydrogen) atoms. The standard InChI is InChI=1S/C53H50BNSSi/c1-32(2)37-29-41(33(3)4)53(42(30-37)34(5)6)54-43-17-11-12-18-47(43)56-48-31-38(23-24-44(48)54)55-45-25-21-35(7)27-51(45)57(52-28-36(8)22-26-46(52)55)49-19-13-9-15-39(49)40-16-10-14-20-50(40)57/h9-34H,1-8H3. The summed E-state index contributed by atoms with van der Waals surface area (Å²) in [5, 5.41) is 5.99. The monoisotopic (exact) mass is 771 g/mol. The molecule has 1 spiro atoms. The molecule has 0 N–H and O–H groups in total. The molecule has 0 unspecified atom stereocenters. The quantitative estimate of drug-likeness (QED) is 0.161. The molecular formula is C53H50BNSSi. The molecule has 0 fully saturated rings. The largest absolute Gasteiger partial charge is 0.311 e. The molecule has 0 aromatic heterocycles. The molecule has 0 bridgehead atoms. The maximum atomic E-state index is 2.60. The van der Waals surface area contributed by atoms with Gasteiger partial charge in [-0.15, -0.1) is 0 Å². The van der Waals surface area contributed by atoms with E-state index in [1.807, 2.05) is 11.8 Å². The van der Waals surface area contributed by atoms with E-state index in [1.54, 1.807) is 0 Å². The lowest BCUT2D eigenvalue weighted by Gasteiger charge is -2.44. The molecule has 3 aliphatic heterocycles. The van der Waals surface area contributed by atoms with Crippen molar-refractivity contribution in [2.45, 2.75) is 82.9 Å². The average Bonchev–Trinajstić information content (AvgIpc) is 3.50. The third-order valence-corrected chi connectivity index (χ3v) is 19.1. The molecule has 7 aromatic carbocycles. The summed E-state index contributed by atoms with van der Waals surface area (Å²) in [4.78, 5) is 5.31. The molecule has 0 amide bonds. The van der Waals surface area contributed by atoms with E-state index in [2.05, 4.69) is 200 Å². The highest BCUT2D eigenvalue weighted by Gasteiger charge is 2.54. The second kappa shape index (κ2) is 13.5.